The highest BCUT2D eigenvalue weighted by Crippen LogP contribution is 2.30. The van der Waals surface area contributed by atoms with Crippen molar-refractivity contribution in [3.63, 3.8) is 0 Å². The molecule has 0 aliphatic carbocycles. The molecule has 1 aromatic carbocycles. The summed E-state index contributed by atoms with van der Waals surface area (Å²) in [6.45, 7) is 3.86. The van der Waals surface area contributed by atoms with Crippen LogP contribution in [0.15, 0.2) is 51.5 Å². The first-order valence-electron chi connectivity index (χ1n) is 5.81. The number of aryl methyl sites for hydroxylation is 2. The maximum Gasteiger partial charge on any atom is 0.173 e. The van der Waals surface area contributed by atoms with Crippen LogP contribution in [0.3, 0.4) is 0 Å². The summed E-state index contributed by atoms with van der Waals surface area (Å²) in [5.41, 5.74) is 8.28. The van der Waals surface area contributed by atoms with E-state index in [4.69, 9.17) is 10.9 Å². The van der Waals surface area contributed by atoms with Crippen molar-refractivity contribution in [1.29, 1.82) is 0 Å². The van der Waals surface area contributed by atoms with Gasteiger partial charge < -0.3 is 10.9 Å². The molecular weight excluding hydrogens is 258 g/mol. The molecule has 0 aliphatic rings. The summed E-state index contributed by atoms with van der Waals surface area (Å²) in [6, 6.07) is 11.8. The van der Waals surface area contributed by atoms with E-state index >= 15 is 0 Å². The third kappa shape index (κ3) is 3.06. The van der Waals surface area contributed by atoms with Crippen molar-refractivity contribution < 1.29 is 5.21 Å². The molecule has 98 valence electrons. The third-order valence-electron chi connectivity index (χ3n) is 2.63. The van der Waals surface area contributed by atoms with Gasteiger partial charge in [0.15, 0.2) is 5.84 Å². The Hall–Kier alpha value is -2.01. The van der Waals surface area contributed by atoms with Crippen LogP contribution in [0.5, 0.6) is 0 Å². The number of hydrogen-bond donors (Lipinski definition) is 2. The minimum absolute atomic E-state index is 0.0865. The number of pyridine rings is 1. The van der Waals surface area contributed by atoms with Gasteiger partial charge in [-0.15, -0.1) is 0 Å². The van der Waals surface area contributed by atoms with Gasteiger partial charge in [-0.1, -0.05) is 35.1 Å². The predicted octanol–water partition coefficient (Wildman–Crippen LogP) is 2.94. The van der Waals surface area contributed by atoms with E-state index in [-0.39, 0.29) is 5.84 Å². The van der Waals surface area contributed by atoms with Gasteiger partial charge >= 0.3 is 0 Å². The van der Waals surface area contributed by atoms with Gasteiger partial charge in [0.05, 0.1) is 5.56 Å². The van der Waals surface area contributed by atoms with Crippen LogP contribution in [0, 0.1) is 13.8 Å². The summed E-state index contributed by atoms with van der Waals surface area (Å²) in [7, 11) is 0. The van der Waals surface area contributed by atoms with Crippen LogP contribution >= 0.6 is 11.8 Å². The molecule has 0 amide bonds. The highest BCUT2D eigenvalue weighted by atomic mass is 32.2. The zero-order valence-electron chi connectivity index (χ0n) is 10.8. The zero-order valence-corrected chi connectivity index (χ0v) is 11.6. The van der Waals surface area contributed by atoms with Gasteiger partial charge in [0.1, 0.15) is 5.03 Å². The Bertz CT molecular complexity index is 612. The van der Waals surface area contributed by atoms with Crippen molar-refractivity contribution in [2.75, 3.05) is 0 Å². The van der Waals surface area contributed by atoms with E-state index in [1.807, 2.05) is 50.2 Å². The standard InChI is InChI=1S/C14H15N3OS/c1-9-8-10(2)16-14(12(9)13(15)17-18)19-11-6-4-3-5-7-11/h3-8,18H,1-2H3,(H2,15,17). The van der Waals surface area contributed by atoms with E-state index in [2.05, 4.69) is 10.1 Å². The summed E-state index contributed by atoms with van der Waals surface area (Å²) < 4.78 is 0. The number of hydrogen-bond acceptors (Lipinski definition) is 4. The molecule has 0 atom stereocenters. The molecule has 0 radical (unpaired) electrons. The largest absolute Gasteiger partial charge is 0.409 e. The van der Waals surface area contributed by atoms with E-state index < -0.39 is 0 Å². The Morgan fingerprint density at radius 3 is 2.58 bits per heavy atom. The van der Waals surface area contributed by atoms with Crippen LogP contribution in [0.25, 0.3) is 0 Å². The number of nitrogens with zero attached hydrogens (tertiary/aromatic N) is 2. The van der Waals surface area contributed by atoms with Crippen LogP contribution in [0.1, 0.15) is 16.8 Å². The van der Waals surface area contributed by atoms with Crippen LogP contribution in [0.2, 0.25) is 0 Å². The normalized spacial score (nSPS) is 11.6. The number of aromatic nitrogens is 1. The predicted molar refractivity (Wildman–Crippen MR) is 76.8 cm³/mol. The van der Waals surface area contributed by atoms with Crippen LogP contribution in [-0.4, -0.2) is 16.0 Å². The number of benzene rings is 1. The lowest BCUT2D eigenvalue weighted by molar-refractivity contribution is 0.318. The summed E-state index contributed by atoms with van der Waals surface area (Å²) >= 11 is 1.50. The molecule has 2 rings (SSSR count). The summed E-state index contributed by atoms with van der Waals surface area (Å²) in [6.07, 6.45) is 0. The first-order valence-corrected chi connectivity index (χ1v) is 6.62. The number of oxime groups is 1. The van der Waals surface area contributed by atoms with Gasteiger partial charge in [-0.3, -0.25) is 0 Å². The maximum absolute atomic E-state index is 8.90. The maximum atomic E-state index is 8.90. The SMILES string of the molecule is Cc1cc(C)c(C(N)=NO)c(Sc2ccccc2)n1. The second-order valence-electron chi connectivity index (χ2n) is 4.16. The van der Waals surface area contributed by atoms with Crippen molar-refractivity contribution in [3.05, 3.63) is 53.2 Å². The first kappa shape index (κ1) is 13.4. The van der Waals surface area contributed by atoms with E-state index in [0.29, 0.717) is 5.56 Å². The fourth-order valence-corrected chi connectivity index (χ4v) is 2.91. The van der Waals surface area contributed by atoms with E-state index in [0.717, 1.165) is 21.2 Å². The van der Waals surface area contributed by atoms with Gasteiger partial charge in [-0.25, -0.2) is 4.98 Å². The van der Waals surface area contributed by atoms with Crippen molar-refractivity contribution in [2.24, 2.45) is 10.9 Å². The van der Waals surface area contributed by atoms with Crippen molar-refractivity contribution in [1.82, 2.24) is 4.98 Å². The first-order chi connectivity index (χ1) is 9.11. The average Bonchev–Trinajstić information content (AvgIpc) is 2.38. The topological polar surface area (TPSA) is 71.5 Å². The fraction of sp³-hybridized carbons (Fsp3) is 0.143. The lowest BCUT2D eigenvalue weighted by Crippen LogP contribution is -2.17. The number of nitrogens with two attached hydrogens (primary N) is 1. The zero-order chi connectivity index (χ0) is 13.8. The van der Waals surface area contributed by atoms with Crippen LogP contribution in [-0.2, 0) is 0 Å². The monoisotopic (exact) mass is 273 g/mol. The third-order valence-corrected chi connectivity index (χ3v) is 3.63. The van der Waals surface area contributed by atoms with Gasteiger partial charge in [0.2, 0.25) is 0 Å². The smallest absolute Gasteiger partial charge is 0.173 e. The Morgan fingerprint density at radius 2 is 1.95 bits per heavy atom. The van der Waals surface area contributed by atoms with Crippen molar-refractivity contribution >= 4 is 17.6 Å². The lowest BCUT2D eigenvalue weighted by atomic mass is 10.1. The summed E-state index contributed by atoms with van der Waals surface area (Å²) in [4.78, 5) is 5.55. The highest BCUT2D eigenvalue weighted by molar-refractivity contribution is 7.99. The molecule has 1 aromatic heterocycles. The number of rotatable bonds is 3. The van der Waals surface area contributed by atoms with Crippen molar-refractivity contribution in [2.45, 2.75) is 23.8 Å². The molecule has 0 fully saturated rings. The Balaban J connectivity index is 2.49. The minimum Gasteiger partial charge on any atom is -0.409 e. The quantitative estimate of drug-likeness (QED) is 0.390. The fourth-order valence-electron chi connectivity index (χ4n) is 1.84. The lowest BCUT2D eigenvalue weighted by Gasteiger charge is -2.11. The van der Waals surface area contributed by atoms with Gasteiger partial charge in [-0.2, -0.15) is 0 Å². The van der Waals surface area contributed by atoms with E-state index in [1.165, 1.54) is 11.8 Å². The minimum atomic E-state index is 0.0865. The molecule has 0 aliphatic heterocycles. The summed E-state index contributed by atoms with van der Waals surface area (Å²) in [5.74, 6) is 0.0865. The Morgan fingerprint density at radius 1 is 1.26 bits per heavy atom. The second kappa shape index (κ2) is 5.75. The van der Waals surface area contributed by atoms with E-state index in [1.54, 1.807) is 0 Å². The van der Waals surface area contributed by atoms with Gasteiger partial charge in [0.25, 0.3) is 0 Å². The Kier molecular flexibility index (Phi) is 4.06. The Labute approximate surface area is 116 Å². The molecule has 0 saturated heterocycles. The molecule has 0 bridgehead atoms. The molecule has 5 heteroatoms. The van der Waals surface area contributed by atoms with Crippen LogP contribution in [0.4, 0.5) is 0 Å². The van der Waals surface area contributed by atoms with Crippen LogP contribution < -0.4 is 5.73 Å². The average molecular weight is 273 g/mol. The molecule has 0 unspecified atom stereocenters. The molecule has 3 N–H and O–H groups in total. The second-order valence-corrected chi connectivity index (χ2v) is 5.22. The molecule has 4 nitrogen and oxygen atoms in total. The number of amidine groups is 1. The molecule has 0 saturated carbocycles. The molecule has 2 aromatic rings. The summed E-state index contributed by atoms with van der Waals surface area (Å²) in [5, 5.41) is 12.7. The van der Waals surface area contributed by atoms with Gasteiger partial charge in [-0.05, 0) is 37.6 Å². The molecular formula is C14H15N3OS. The van der Waals surface area contributed by atoms with Gasteiger partial charge in [0, 0.05) is 10.6 Å². The molecule has 1 heterocycles. The molecule has 0 spiro atoms. The highest BCUT2D eigenvalue weighted by Gasteiger charge is 2.14. The van der Waals surface area contributed by atoms with E-state index in [9.17, 15) is 0 Å². The van der Waals surface area contributed by atoms with Crippen molar-refractivity contribution in [3.8, 4) is 0 Å². The molecule has 19 heavy (non-hydrogen) atoms.